The maximum atomic E-state index is 13.2. The average Bonchev–Trinajstić information content (AvgIpc) is 3.28. The number of aromatic nitrogens is 4. The molecule has 1 saturated heterocycles. The highest BCUT2D eigenvalue weighted by Gasteiger charge is 2.29. The maximum absolute atomic E-state index is 13.2. The van der Waals surface area contributed by atoms with Crippen molar-refractivity contribution in [1.82, 2.24) is 24.2 Å². The number of pyridine rings is 1. The van der Waals surface area contributed by atoms with Crippen LogP contribution in [0.1, 0.15) is 49.7 Å². The van der Waals surface area contributed by atoms with Crippen molar-refractivity contribution < 1.29 is 19.1 Å². The number of hydrogen-bond acceptors (Lipinski definition) is 10. The first-order valence-electron chi connectivity index (χ1n) is 13.0. The van der Waals surface area contributed by atoms with Crippen LogP contribution >= 0.6 is 11.5 Å². The summed E-state index contributed by atoms with van der Waals surface area (Å²) in [6, 6.07) is 11.0. The molecule has 1 fully saturated rings. The Morgan fingerprint density at radius 3 is 2.62 bits per heavy atom. The van der Waals surface area contributed by atoms with Crippen molar-refractivity contribution in [3.63, 3.8) is 0 Å². The first-order valence-corrected chi connectivity index (χ1v) is 13.8. The molecule has 1 aromatic carbocycles. The van der Waals surface area contributed by atoms with Gasteiger partial charge in [0, 0.05) is 12.6 Å². The van der Waals surface area contributed by atoms with Gasteiger partial charge in [0.15, 0.2) is 0 Å². The number of nitrogens with one attached hydrogen (secondary N) is 2. The van der Waals surface area contributed by atoms with Gasteiger partial charge in [0.1, 0.15) is 22.5 Å². The minimum absolute atomic E-state index is 0.194. The number of carbonyl (C=O) groups is 2. The molecule has 40 heavy (non-hydrogen) atoms. The Kier molecular flexibility index (Phi) is 7.78. The lowest BCUT2D eigenvalue weighted by molar-refractivity contribution is 0.00722. The van der Waals surface area contributed by atoms with Gasteiger partial charge in [0.05, 0.1) is 46.9 Å². The van der Waals surface area contributed by atoms with Crippen molar-refractivity contribution in [3.8, 4) is 5.88 Å². The number of para-hydroxylation sites is 2. The van der Waals surface area contributed by atoms with Crippen LogP contribution in [0.15, 0.2) is 48.8 Å². The second-order valence-electron chi connectivity index (χ2n) is 10.5. The predicted molar refractivity (Wildman–Crippen MR) is 153 cm³/mol. The monoisotopic (exact) mass is 561 g/mol. The fourth-order valence-electron chi connectivity index (χ4n) is 4.27. The first-order chi connectivity index (χ1) is 19.1. The van der Waals surface area contributed by atoms with Crippen molar-refractivity contribution in [2.45, 2.75) is 52.2 Å². The molecule has 3 aromatic heterocycles. The molecule has 0 aliphatic carbocycles. The van der Waals surface area contributed by atoms with Crippen LogP contribution in [0.3, 0.4) is 0 Å². The number of aryl methyl sites for hydroxylation is 1. The normalized spacial score (nSPS) is 15.5. The number of fused-ring (bicyclic) bond motifs is 1. The van der Waals surface area contributed by atoms with E-state index in [0.717, 1.165) is 23.9 Å². The van der Waals surface area contributed by atoms with Gasteiger partial charge in [-0.3, -0.25) is 9.78 Å². The van der Waals surface area contributed by atoms with Crippen molar-refractivity contribution in [2.24, 2.45) is 0 Å². The SMILES string of the molecule is Cc1nsc(Nc2cnc3ccccc3n2)c1C(=O)Nc1ccc(OC2CCCN(C(=O)OC(C)(C)C)C2)nc1. The topological polar surface area (TPSA) is 131 Å². The quantitative estimate of drug-likeness (QED) is 0.310. The molecule has 2 amide bonds. The number of benzene rings is 1. The van der Waals surface area contributed by atoms with E-state index in [-0.39, 0.29) is 18.1 Å². The van der Waals surface area contributed by atoms with Crippen molar-refractivity contribution in [2.75, 3.05) is 23.7 Å². The van der Waals surface area contributed by atoms with Gasteiger partial charge in [0.25, 0.3) is 5.91 Å². The molecule has 1 aliphatic rings. The van der Waals surface area contributed by atoms with E-state index >= 15 is 0 Å². The van der Waals surface area contributed by atoms with Crippen LogP contribution in [0.4, 0.5) is 21.3 Å². The zero-order chi connectivity index (χ0) is 28.3. The summed E-state index contributed by atoms with van der Waals surface area (Å²) in [4.78, 5) is 40.6. The number of ether oxygens (including phenoxy) is 2. The van der Waals surface area contributed by atoms with Gasteiger partial charge in [-0.1, -0.05) is 12.1 Å². The van der Waals surface area contributed by atoms with Gasteiger partial charge in [-0.25, -0.2) is 14.8 Å². The fraction of sp³-hybridized carbons (Fsp3) is 0.357. The zero-order valence-corrected chi connectivity index (χ0v) is 23.6. The smallest absolute Gasteiger partial charge is 0.410 e. The average molecular weight is 562 g/mol. The molecule has 12 heteroatoms. The molecule has 1 atom stereocenters. The number of piperidine rings is 1. The number of likely N-dealkylation sites (tertiary alicyclic amines) is 1. The third-order valence-electron chi connectivity index (χ3n) is 6.09. The van der Waals surface area contributed by atoms with E-state index in [1.807, 2.05) is 45.0 Å². The fourth-order valence-corrected chi connectivity index (χ4v) is 5.07. The van der Waals surface area contributed by atoms with Crippen LogP contribution in [0, 0.1) is 6.92 Å². The van der Waals surface area contributed by atoms with Gasteiger partial charge >= 0.3 is 6.09 Å². The minimum atomic E-state index is -0.550. The molecule has 1 unspecified atom stereocenters. The highest BCUT2D eigenvalue weighted by Crippen LogP contribution is 2.29. The summed E-state index contributed by atoms with van der Waals surface area (Å²) in [6.07, 6.45) is 4.25. The van der Waals surface area contributed by atoms with Gasteiger partial charge in [-0.05, 0) is 70.3 Å². The summed E-state index contributed by atoms with van der Waals surface area (Å²) in [5, 5.41) is 6.63. The Morgan fingerprint density at radius 2 is 1.88 bits per heavy atom. The molecule has 4 heterocycles. The Labute approximate surface area is 236 Å². The summed E-state index contributed by atoms with van der Waals surface area (Å²) in [5.41, 5.74) is 2.52. The standard InChI is InChI=1S/C28H31N7O4S/c1-17-24(26(40-34-17)33-22-15-29-20-9-5-6-10-21(20)32-22)25(36)31-18-11-12-23(30-14-18)38-19-8-7-13-35(16-19)27(37)39-28(2,3)4/h5-6,9-12,14-15,19H,7-8,13,16H2,1-4H3,(H,31,36)(H,32,33). The minimum Gasteiger partial charge on any atom is -0.472 e. The largest absolute Gasteiger partial charge is 0.472 e. The Morgan fingerprint density at radius 1 is 1.07 bits per heavy atom. The second kappa shape index (κ2) is 11.4. The second-order valence-corrected chi connectivity index (χ2v) is 11.3. The van der Waals surface area contributed by atoms with E-state index in [9.17, 15) is 9.59 Å². The van der Waals surface area contributed by atoms with Gasteiger partial charge in [0.2, 0.25) is 5.88 Å². The number of anilines is 3. The van der Waals surface area contributed by atoms with Crippen LogP contribution in [-0.2, 0) is 4.74 Å². The van der Waals surface area contributed by atoms with E-state index in [0.29, 0.717) is 46.7 Å². The van der Waals surface area contributed by atoms with Crippen molar-refractivity contribution >= 4 is 51.1 Å². The first kappa shape index (κ1) is 27.3. The lowest BCUT2D eigenvalue weighted by Gasteiger charge is -2.33. The van der Waals surface area contributed by atoms with Crippen molar-refractivity contribution in [1.29, 1.82) is 0 Å². The van der Waals surface area contributed by atoms with Crippen molar-refractivity contribution in [3.05, 3.63) is 60.0 Å². The Hall–Kier alpha value is -4.32. The molecule has 1 aliphatic heterocycles. The van der Waals surface area contributed by atoms with Gasteiger partial charge < -0.3 is 25.0 Å². The molecule has 208 valence electrons. The number of carbonyl (C=O) groups excluding carboxylic acids is 2. The number of rotatable bonds is 6. The summed E-state index contributed by atoms with van der Waals surface area (Å²) >= 11 is 1.18. The van der Waals surface area contributed by atoms with E-state index < -0.39 is 5.60 Å². The third-order valence-corrected chi connectivity index (χ3v) is 6.95. The Balaban J connectivity index is 1.20. The summed E-state index contributed by atoms with van der Waals surface area (Å²) in [6.45, 7) is 8.38. The predicted octanol–water partition coefficient (Wildman–Crippen LogP) is 5.56. The molecule has 0 saturated carbocycles. The van der Waals surface area contributed by atoms with Crippen LogP contribution in [0.2, 0.25) is 0 Å². The van der Waals surface area contributed by atoms with Crippen LogP contribution in [0.25, 0.3) is 11.0 Å². The molecule has 2 N–H and O–H groups in total. The lowest BCUT2D eigenvalue weighted by Crippen LogP contribution is -2.46. The molecule has 4 aromatic rings. The van der Waals surface area contributed by atoms with Crippen LogP contribution < -0.4 is 15.4 Å². The molecule has 5 rings (SSSR count). The van der Waals surface area contributed by atoms with E-state index in [2.05, 4.69) is 30.0 Å². The third kappa shape index (κ3) is 6.63. The highest BCUT2D eigenvalue weighted by atomic mass is 32.1. The van der Waals surface area contributed by atoms with Gasteiger partial charge in [-0.2, -0.15) is 4.37 Å². The van der Waals surface area contributed by atoms with E-state index in [1.54, 1.807) is 36.4 Å². The summed E-state index contributed by atoms with van der Waals surface area (Å²) in [5.74, 6) is 0.616. The molecular formula is C28H31N7O4S. The number of amides is 2. The number of nitrogens with zero attached hydrogens (tertiary/aromatic N) is 5. The Bertz CT molecular complexity index is 1520. The summed E-state index contributed by atoms with van der Waals surface area (Å²) in [7, 11) is 0. The van der Waals surface area contributed by atoms with Gasteiger partial charge in [-0.15, -0.1) is 0 Å². The molecule has 0 bridgehead atoms. The van der Waals surface area contributed by atoms with E-state index in [1.165, 1.54) is 11.5 Å². The summed E-state index contributed by atoms with van der Waals surface area (Å²) < 4.78 is 15.9. The molecule has 0 radical (unpaired) electrons. The molecule has 0 spiro atoms. The van der Waals surface area contributed by atoms with E-state index in [4.69, 9.17) is 9.47 Å². The highest BCUT2D eigenvalue weighted by molar-refractivity contribution is 7.10. The molecular weight excluding hydrogens is 530 g/mol. The maximum Gasteiger partial charge on any atom is 0.410 e. The zero-order valence-electron chi connectivity index (χ0n) is 22.8. The van der Waals surface area contributed by atoms with Crippen LogP contribution in [-0.4, -0.2) is 61.0 Å². The number of hydrogen-bond donors (Lipinski definition) is 2. The van der Waals surface area contributed by atoms with Crippen LogP contribution in [0.5, 0.6) is 5.88 Å². The lowest BCUT2D eigenvalue weighted by atomic mass is 10.1. The molecule has 11 nitrogen and oxygen atoms in total.